The molecule has 3 heterocycles. The molecule has 0 saturated heterocycles. The number of amides is 1. The lowest BCUT2D eigenvalue weighted by atomic mass is 10.1. The van der Waals surface area contributed by atoms with Gasteiger partial charge in [0.05, 0.1) is 16.3 Å². The topological polar surface area (TPSA) is 113 Å². The SMILES string of the molecule is O=C(CCS(=O)(=O)c1ccc2c(c1)OCCO2)Nc1nc(-c2ccc3c(c2)OCCO3)cs1. The summed E-state index contributed by atoms with van der Waals surface area (Å²) >= 11 is 1.26. The molecule has 3 aromatic rings. The Kier molecular flexibility index (Phi) is 5.81. The summed E-state index contributed by atoms with van der Waals surface area (Å²) in [6.45, 7) is 1.79. The first-order valence-corrected chi connectivity index (χ1v) is 12.8. The molecule has 2 aromatic carbocycles. The average Bonchev–Trinajstić information content (AvgIpc) is 3.30. The van der Waals surface area contributed by atoms with Crippen LogP contribution in [0.25, 0.3) is 11.3 Å². The van der Waals surface area contributed by atoms with Crippen LogP contribution in [0.5, 0.6) is 23.0 Å². The second-order valence-corrected chi connectivity index (χ2v) is 10.3. The summed E-state index contributed by atoms with van der Waals surface area (Å²) in [5.74, 6) is 1.48. The van der Waals surface area contributed by atoms with E-state index in [0.29, 0.717) is 60.3 Å². The molecule has 2 aliphatic heterocycles. The number of hydrogen-bond donors (Lipinski definition) is 1. The van der Waals surface area contributed by atoms with E-state index in [0.717, 1.165) is 5.56 Å². The van der Waals surface area contributed by atoms with Crippen molar-refractivity contribution in [2.75, 3.05) is 37.5 Å². The first kappa shape index (κ1) is 21.5. The van der Waals surface area contributed by atoms with E-state index in [1.54, 1.807) is 6.07 Å². The van der Waals surface area contributed by atoms with Crippen molar-refractivity contribution in [3.8, 4) is 34.3 Å². The van der Waals surface area contributed by atoms with Crippen LogP contribution in [-0.2, 0) is 14.6 Å². The molecule has 0 unspecified atom stereocenters. The summed E-state index contributed by atoms with van der Waals surface area (Å²) < 4.78 is 47.3. The molecule has 0 aliphatic carbocycles. The molecule has 1 N–H and O–H groups in total. The van der Waals surface area contributed by atoms with E-state index in [2.05, 4.69) is 10.3 Å². The fourth-order valence-corrected chi connectivity index (χ4v) is 5.40. The number of nitrogens with zero attached hydrogens (tertiary/aromatic N) is 1. The fraction of sp³-hybridized carbons (Fsp3) is 0.273. The summed E-state index contributed by atoms with van der Waals surface area (Å²) in [4.78, 5) is 16.9. The number of anilines is 1. The molecule has 9 nitrogen and oxygen atoms in total. The minimum Gasteiger partial charge on any atom is -0.486 e. The molecule has 0 saturated carbocycles. The van der Waals surface area contributed by atoms with Crippen molar-refractivity contribution in [1.29, 1.82) is 0 Å². The lowest BCUT2D eigenvalue weighted by molar-refractivity contribution is -0.115. The van der Waals surface area contributed by atoms with Gasteiger partial charge < -0.3 is 24.3 Å². The predicted octanol–water partition coefficient (Wildman–Crippen LogP) is 3.16. The molecule has 0 bridgehead atoms. The van der Waals surface area contributed by atoms with Crippen LogP contribution >= 0.6 is 11.3 Å². The number of rotatable bonds is 6. The van der Waals surface area contributed by atoms with Crippen molar-refractivity contribution in [3.63, 3.8) is 0 Å². The Labute approximate surface area is 194 Å². The number of carbonyl (C=O) groups excluding carboxylic acids is 1. The Morgan fingerprint density at radius 2 is 1.55 bits per heavy atom. The average molecular weight is 489 g/mol. The molecule has 2 aliphatic rings. The van der Waals surface area contributed by atoms with Gasteiger partial charge in [-0.05, 0) is 30.3 Å². The summed E-state index contributed by atoms with van der Waals surface area (Å²) in [6.07, 6.45) is -0.199. The van der Waals surface area contributed by atoms with Gasteiger partial charge >= 0.3 is 0 Å². The van der Waals surface area contributed by atoms with Crippen molar-refractivity contribution in [2.45, 2.75) is 11.3 Å². The van der Waals surface area contributed by atoms with Gasteiger partial charge in [0, 0.05) is 23.4 Å². The number of fused-ring (bicyclic) bond motifs is 2. The first-order chi connectivity index (χ1) is 16.0. The quantitative estimate of drug-likeness (QED) is 0.563. The second-order valence-electron chi connectivity index (χ2n) is 7.32. The van der Waals surface area contributed by atoms with Crippen molar-refractivity contribution in [1.82, 2.24) is 4.98 Å². The molecule has 172 valence electrons. The van der Waals surface area contributed by atoms with Gasteiger partial charge in [0.2, 0.25) is 5.91 Å². The van der Waals surface area contributed by atoms with Crippen LogP contribution in [0.2, 0.25) is 0 Å². The van der Waals surface area contributed by atoms with E-state index in [1.807, 2.05) is 23.6 Å². The van der Waals surface area contributed by atoms with Gasteiger partial charge in [0.15, 0.2) is 38.0 Å². The van der Waals surface area contributed by atoms with Crippen LogP contribution in [-0.4, -0.2) is 51.5 Å². The van der Waals surface area contributed by atoms with Gasteiger partial charge in [-0.15, -0.1) is 11.3 Å². The molecule has 0 radical (unpaired) electrons. The summed E-state index contributed by atoms with van der Waals surface area (Å²) in [5, 5.41) is 4.87. The highest BCUT2D eigenvalue weighted by Gasteiger charge is 2.21. The Hall–Kier alpha value is -3.31. The Morgan fingerprint density at radius 1 is 0.909 bits per heavy atom. The lowest BCUT2D eigenvalue weighted by Crippen LogP contribution is -2.18. The van der Waals surface area contributed by atoms with Gasteiger partial charge in [-0.25, -0.2) is 13.4 Å². The summed E-state index contributed by atoms with van der Waals surface area (Å²) in [6, 6.07) is 9.99. The highest BCUT2D eigenvalue weighted by Crippen LogP contribution is 2.35. The van der Waals surface area contributed by atoms with Crippen LogP contribution in [0.1, 0.15) is 6.42 Å². The molecule has 11 heteroatoms. The normalized spacial score (nSPS) is 14.5. The van der Waals surface area contributed by atoms with Gasteiger partial charge in [0.1, 0.15) is 26.4 Å². The number of benzene rings is 2. The van der Waals surface area contributed by atoms with Gasteiger partial charge in [-0.2, -0.15) is 0 Å². The maximum Gasteiger partial charge on any atom is 0.227 e. The molecular weight excluding hydrogens is 468 g/mol. The van der Waals surface area contributed by atoms with Crippen LogP contribution in [0, 0.1) is 0 Å². The minimum absolute atomic E-state index is 0.0923. The van der Waals surface area contributed by atoms with E-state index < -0.39 is 15.7 Å². The third kappa shape index (κ3) is 4.74. The van der Waals surface area contributed by atoms with Crippen LogP contribution in [0.3, 0.4) is 0 Å². The van der Waals surface area contributed by atoms with Gasteiger partial charge in [-0.3, -0.25) is 4.79 Å². The predicted molar refractivity (Wildman–Crippen MR) is 121 cm³/mol. The smallest absolute Gasteiger partial charge is 0.227 e. The Morgan fingerprint density at radius 3 is 2.27 bits per heavy atom. The molecular formula is C22H20N2O7S2. The van der Waals surface area contributed by atoms with E-state index >= 15 is 0 Å². The van der Waals surface area contributed by atoms with Crippen molar-refractivity contribution < 1.29 is 32.2 Å². The Balaban J connectivity index is 1.21. The highest BCUT2D eigenvalue weighted by molar-refractivity contribution is 7.91. The van der Waals surface area contributed by atoms with E-state index in [-0.39, 0.29) is 17.1 Å². The molecule has 5 rings (SSSR count). The standard InChI is InChI=1S/C22H20N2O7S2/c25-21(5-10-33(26,27)15-2-4-18-20(12-15)31-9-7-29-18)24-22-23-16(13-32-22)14-1-3-17-19(11-14)30-8-6-28-17/h1-4,11-13H,5-10H2,(H,23,24,25). The van der Waals surface area contributed by atoms with Crippen LogP contribution in [0.15, 0.2) is 46.7 Å². The highest BCUT2D eigenvalue weighted by atomic mass is 32.2. The largest absolute Gasteiger partial charge is 0.486 e. The molecule has 0 fully saturated rings. The second kappa shape index (κ2) is 8.91. The molecule has 1 aromatic heterocycles. The van der Waals surface area contributed by atoms with Gasteiger partial charge in [-0.1, -0.05) is 0 Å². The Bertz CT molecular complexity index is 1300. The number of carbonyl (C=O) groups is 1. The van der Waals surface area contributed by atoms with E-state index in [1.165, 1.54) is 23.5 Å². The molecule has 0 spiro atoms. The number of nitrogens with one attached hydrogen (secondary N) is 1. The zero-order valence-electron chi connectivity index (χ0n) is 17.4. The maximum atomic E-state index is 12.7. The number of hydrogen-bond acceptors (Lipinski definition) is 9. The third-order valence-electron chi connectivity index (χ3n) is 5.06. The zero-order valence-corrected chi connectivity index (χ0v) is 19.0. The number of aromatic nitrogens is 1. The van der Waals surface area contributed by atoms with Crippen LogP contribution < -0.4 is 24.3 Å². The zero-order chi connectivity index (χ0) is 22.8. The monoisotopic (exact) mass is 488 g/mol. The molecule has 1 amide bonds. The van der Waals surface area contributed by atoms with Crippen molar-refractivity contribution >= 4 is 32.2 Å². The number of thiazole rings is 1. The first-order valence-electron chi connectivity index (χ1n) is 10.3. The van der Waals surface area contributed by atoms with E-state index in [4.69, 9.17) is 18.9 Å². The van der Waals surface area contributed by atoms with Crippen molar-refractivity contribution in [2.24, 2.45) is 0 Å². The fourth-order valence-electron chi connectivity index (χ4n) is 3.41. The third-order valence-corrected chi connectivity index (χ3v) is 7.53. The summed E-state index contributed by atoms with van der Waals surface area (Å²) in [5.41, 5.74) is 1.51. The van der Waals surface area contributed by atoms with Crippen molar-refractivity contribution in [3.05, 3.63) is 41.8 Å². The summed E-state index contributed by atoms with van der Waals surface area (Å²) in [7, 11) is -3.67. The molecule has 33 heavy (non-hydrogen) atoms. The van der Waals surface area contributed by atoms with Gasteiger partial charge in [0.25, 0.3) is 0 Å². The number of sulfone groups is 1. The molecule has 0 atom stereocenters. The maximum absolute atomic E-state index is 12.7. The number of ether oxygens (including phenoxy) is 4. The minimum atomic E-state index is -3.67. The lowest BCUT2D eigenvalue weighted by Gasteiger charge is -2.18. The van der Waals surface area contributed by atoms with Crippen LogP contribution in [0.4, 0.5) is 5.13 Å². The van der Waals surface area contributed by atoms with E-state index in [9.17, 15) is 13.2 Å².